The summed E-state index contributed by atoms with van der Waals surface area (Å²) in [7, 11) is 2.21. The first-order valence-corrected chi connectivity index (χ1v) is 10.3. The zero-order valence-electron chi connectivity index (χ0n) is 15.0. The molecular formula is C24H12BrO3P. The fraction of sp³-hybridized carbons (Fsp3) is 0. The lowest BCUT2D eigenvalue weighted by molar-refractivity contribution is 0.103. The summed E-state index contributed by atoms with van der Waals surface area (Å²) in [5, 5.41) is 1.73. The van der Waals surface area contributed by atoms with Gasteiger partial charge in [-0.2, -0.15) is 0 Å². The van der Waals surface area contributed by atoms with Crippen LogP contribution in [0.15, 0.2) is 65.1 Å². The van der Waals surface area contributed by atoms with Crippen molar-refractivity contribution in [3.05, 3.63) is 87.4 Å². The summed E-state index contributed by atoms with van der Waals surface area (Å²) in [6.45, 7) is 0. The van der Waals surface area contributed by atoms with E-state index in [1.54, 1.807) is 6.07 Å². The maximum atomic E-state index is 13.3. The van der Waals surface area contributed by atoms with Crippen LogP contribution in [0.4, 0.5) is 0 Å². The van der Waals surface area contributed by atoms with E-state index in [9.17, 15) is 9.59 Å². The van der Waals surface area contributed by atoms with Gasteiger partial charge in [0.1, 0.15) is 5.75 Å². The standard InChI is InChI=1S/C24H12BrO3P/c25-11-1-3-13-15-5-8-18-22-16(6-7-17(21(15)22)23(26)19(13)9-11)14-4-2-12(28-29)10-20(14)24(18)27/h1-10H,29H2. The average molecular weight is 459 g/mol. The van der Waals surface area contributed by atoms with Crippen LogP contribution in [-0.2, 0) is 0 Å². The topological polar surface area (TPSA) is 43.4 Å². The maximum absolute atomic E-state index is 13.3. The lowest BCUT2D eigenvalue weighted by Crippen LogP contribution is -2.15. The highest BCUT2D eigenvalue weighted by Gasteiger charge is 2.32. The van der Waals surface area contributed by atoms with Crippen molar-refractivity contribution in [2.75, 3.05) is 0 Å². The van der Waals surface area contributed by atoms with Gasteiger partial charge >= 0.3 is 0 Å². The summed E-state index contributed by atoms with van der Waals surface area (Å²) in [6.07, 6.45) is 0. The third-order valence-electron chi connectivity index (χ3n) is 5.83. The van der Waals surface area contributed by atoms with E-state index in [4.69, 9.17) is 4.52 Å². The molecule has 2 aliphatic carbocycles. The highest BCUT2D eigenvalue weighted by atomic mass is 79.9. The van der Waals surface area contributed by atoms with Crippen LogP contribution in [-0.4, -0.2) is 11.6 Å². The van der Waals surface area contributed by atoms with E-state index in [0.717, 1.165) is 37.5 Å². The molecule has 1 atom stereocenters. The summed E-state index contributed by atoms with van der Waals surface area (Å²) in [6, 6.07) is 19.0. The lowest BCUT2D eigenvalue weighted by atomic mass is 9.76. The van der Waals surface area contributed by atoms with E-state index in [1.165, 1.54) is 0 Å². The largest absolute Gasteiger partial charge is 0.480 e. The first-order valence-electron chi connectivity index (χ1n) is 9.08. The van der Waals surface area contributed by atoms with Crippen LogP contribution < -0.4 is 4.52 Å². The molecule has 2 aliphatic rings. The Hall–Kier alpha value is -2.81. The Morgan fingerprint density at radius 3 is 1.66 bits per heavy atom. The number of carbonyl (C=O) groups is 2. The first kappa shape index (κ1) is 17.1. The molecule has 0 spiro atoms. The van der Waals surface area contributed by atoms with E-state index >= 15 is 0 Å². The molecule has 0 N–H and O–H groups in total. The number of fused-ring (bicyclic) bond motifs is 4. The molecule has 4 aromatic carbocycles. The Bertz CT molecular complexity index is 1440. The Morgan fingerprint density at radius 2 is 1.07 bits per heavy atom. The zero-order chi connectivity index (χ0) is 19.9. The molecule has 0 saturated carbocycles. The maximum Gasteiger partial charge on any atom is 0.194 e. The fourth-order valence-corrected chi connectivity index (χ4v) is 5.08. The third kappa shape index (κ3) is 2.16. The van der Waals surface area contributed by atoms with Gasteiger partial charge in [0, 0.05) is 37.5 Å². The molecule has 5 heteroatoms. The van der Waals surface area contributed by atoms with Crippen molar-refractivity contribution in [2.24, 2.45) is 0 Å². The molecule has 6 rings (SSSR count). The van der Waals surface area contributed by atoms with Crippen LogP contribution in [0.2, 0.25) is 0 Å². The molecular weight excluding hydrogens is 447 g/mol. The van der Waals surface area contributed by atoms with Gasteiger partial charge in [-0.25, -0.2) is 0 Å². The number of halogens is 1. The quantitative estimate of drug-likeness (QED) is 0.275. The SMILES string of the molecule is O=C1c2cc(Br)ccc2-c2ccc3c4c(ccc1c24)-c1ccc(OP)cc1C3=O. The Morgan fingerprint density at radius 1 is 0.586 bits per heavy atom. The first-order chi connectivity index (χ1) is 14.1. The summed E-state index contributed by atoms with van der Waals surface area (Å²) in [4.78, 5) is 26.6. The normalized spacial score (nSPS) is 13.3. The van der Waals surface area contributed by atoms with Gasteiger partial charge in [0.15, 0.2) is 11.6 Å². The minimum absolute atomic E-state index is 0.0116. The number of hydrogen-bond acceptors (Lipinski definition) is 3. The summed E-state index contributed by atoms with van der Waals surface area (Å²) < 4.78 is 6.10. The van der Waals surface area contributed by atoms with Gasteiger partial charge in [-0.05, 0) is 64.7 Å². The number of hydrogen-bond donors (Lipinski definition) is 0. The molecule has 0 amide bonds. The molecule has 0 heterocycles. The molecule has 0 saturated heterocycles. The van der Waals surface area contributed by atoms with Crippen LogP contribution in [0.3, 0.4) is 0 Å². The van der Waals surface area contributed by atoms with Gasteiger partial charge in [-0.3, -0.25) is 9.59 Å². The number of ketones is 2. The predicted octanol–water partition coefficient (Wildman–Crippen LogP) is 6.19. The summed E-state index contributed by atoms with van der Waals surface area (Å²) in [5.74, 6) is 0.558. The van der Waals surface area contributed by atoms with Crippen molar-refractivity contribution >= 4 is 47.7 Å². The molecule has 4 aromatic rings. The molecule has 3 nitrogen and oxygen atoms in total. The Kier molecular flexibility index (Phi) is 3.45. The van der Waals surface area contributed by atoms with Crippen LogP contribution in [0.1, 0.15) is 31.8 Å². The van der Waals surface area contributed by atoms with E-state index < -0.39 is 0 Å². The molecule has 1 unspecified atom stereocenters. The molecule has 29 heavy (non-hydrogen) atoms. The van der Waals surface area contributed by atoms with Crippen LogP contribution >= 0.6 is 25.4 Å². The van der Waals surface area contributed by atoms with Crippen LogP contribution in [0.5, 0.6) is 5.75 Å². The minimum atomic E-state index is -0.0471. The van der Waals surface area contributed by atoms with Gasteiger partial charge in [0.2, 0.25) is 0 Å². The van der Waals surface area contributed by atoms with Crippen molar-refractivity contribution in [1.82, 2.24) is 0 Å². The lowest BCUT2D eigenvalue weighted by Gasteiger charge is -2.26. The van der Waals surface area contributed by atoms with Crippen molar-refractivity contribution in [1.29, 1.82) is 0 Å². The smallest absolute Gasteiger partial charge is 0.194 e. The number of carbonyl (C=O) groups excluding carboxylic acids is 2. The number of benzene rings is 4. The van der Waals surface area contributed by atoms with Crippen molar-refractivity contribution in [2.45, 2.75) is 0 Å². The Labute approximate surface area is 177 Å². The van der Waals surface area contributed by atoms with Crippen molar-refractivity contribution in [3.8, 4) is 28.0 Å². The second-order valence-corrected chi connectivity index (χ2v) is 8.40. The second kappa shape index (κ2) is 5.85. The Balaban J connectivity index is 1.77. The van der Waals surface area contributed by atoms with E-state index in [0.29, 0.717) is 28.0 Å². The molecule has 138 valence electrons. The van der Waals surface area contributed by atoms with Gasteiger partial charge in [-0.15, -0.1) is 0 Å². The number of rotatable bonds is 1. The van der Waals surface area contributed by atoms with Gasteiger partial charge in [0.05, 0.1) is 9.47 Å². The fourth-order valence-electron chi connectivity index (χ4n) is 4.57. The highest BCUT2D eigenvalue weighted by Crippen LogP contribution is 2.48. The molecule has 0 aromatic heterocycles. The van der Waals surface area contributed by atoms with Crippen LogP contribution in [0.25, 0.3) is 33.0 Å². The minimum Gasteiger partial charge on any atom is -0.480 e. The van der Waals surface area contributed by atoms with E-state index in [2.05, 4.69) is 25.4 Å². The van der Waals surface area contributed by atoms with Crippen molar-refractivity contribution < 1.29 is 14.1 Å². The third-order valence-corrected chi connectivity index (χ3v) is 6.59. The highest BCUT2D eigenvalue weighted by molar-refractivity contribution is 9.10. The second-order valence-electron chi connectivity index (χ2n) is 7.24. The van der Waals surface area contributed by atoms with Gasteiger partial charge in [-0.1, -0.05) is 34.1 Å². The van der Waals surface area contributed by atoms with E-state index in [1.807, 2.05) is 54.6 Å². The molecule has 0 radical (unpaired) electrons. The molecule has 0 aliphatic heterocycles. The molecule has 0 fully saturated rings. The van der Waals surface area contributed by atoms with Crippen molar-refractivity contribution in [3.63, 3.8) is 0 Å². The van der Waals surface area contributed by atoms with E-state index in [-0.39, 0.29) is 11.6 Å². The van der Waals surface area contributed by atoms with Crippen LogP contribution in [0, 0.1) is 0 Å². The summed E-state index contributed by atoms with van der Waals surface area (Å²) in [5.41, 5.74) is 6.30. The average Bonchev–Trinajstić information content (AvgIpc) is 2.75. The monoisotopic (exact) mass is 458 g/mol. The molecule has 0 bridgehead atoms. The summed E-state index contributed by atoms with van der Waals surface area (Å²) >= 11 is 3.47. The van der Waals surface area contributed by atoms with Gasteiger partial charge < -0.3 is 4.52 Å². The zero-order valence-corrected chi connectivity index (χ0v) is 17.7. The predicted molar refractivity (Wildman–Crippen MR) is 120 cm³/mol. The van der Waals surface area contributed by atoms with Gasteiger partial charge in [0.25, 0.3) is 0 Å².